The Balaban J connectivity index is 1.46. The molecule has 5 nitrogen and oxygen atoms in total. The lowest BCUT2D eigenvalue weighted by molar-refractivity contribution is -0.119. The van der Waals surface area contributed by atoms with Crippen LogP contribution in [-0.4, -0.2) is 17.4 Å². The van der Waals surface area contributed by atoms with E-state index < -0.39 is 0 Å². The molecule has 1 saturated carbocycles. The van der Waals surface area contributed by atoms with Crippen LogP contribution in [0.2, 0.25) is 5.02 Å². The molecule has 1 aliphatic carbocycles. The fourth-order valence-electron chi connectivity index (χ4n) is 2.84. The Morgan fingerprint density at radius 1 is 1.30 bits per heavy atom. The highest BCUT2D eigenvalue weighted by molar-refractivity contribution is 7.13. The van der Waals surface area contributed by atoms with Gasteiger partial charge in [0.05, 0.1) is 17.7 Å². The molecule has 1 aromatic carbocycles. The van der Waals surface area contributed by atoms with E-state index in [4.69, 9.17) is 11.6 Å². The monoisotopic (exact) mass is 348 g/mol. The van der Waals surface area contributed by atoms with Crippen LogP contribution in [0.1, 0.15) is 36.1 Å². The second-order valence-corrected chi connectivity index (χ2v) is 7.30. The molecular weight excluding hydrogens is 332 g/mol. The highest BCUT2D eigenvalue weighted by atomic mass is 35.5. The van der Waals surface area contributed by atoms with E-state index >= 15 is 0 Å². The topological polar surface area (TPSA) is 66.0 Å². The number of carbonyl (C=O) groups excluding carboxylic acids is 1. The van der Waals surface area contributed by atoms with Crippen molar-refractivity contribution in [1.82, 2.24) is 15.8 Å². The third-order valence-corrected chi connectivity index (χ3v) is 5.32. The number of anilines is 1. The lowest BCUT2D eigenvalue weighted by Crippen LogP contribution is -2.29. The molecule has 2 fully saturated rings. The van der Waals surface area contributed by atoms with Crippen LogP contribution in [0.3, 0.4) is 0 Å². The summed E-state index contributed by atoms with van der Waals surface area (Å²) in [5.74, 6) is 0.400. The van der Waals surface area contributed by atoms with Gasteiger partial charge in [0.2, 0.25) is 5.91 Å². The summed E-state index contributed by atoms with van der Waals surface area (Å²) in [4.78, 5) is 17.1. The van der Waals surface area contributed by atoms with Crippen molar-refractivity contribution in [3.8, 4) is 0 Å². The molecule has 7 heteroatoms. The zero-order valence-electron chi connectivity index (χ0n) is 12.4. The van der Waals surface area contributed by atoms with Crippen molar-refractivity contribution in [2.45, 2.75) is 24.8 Å². The fraction of sp³-hybridized carbons (Fsp3) is 0.375. The first-order valence-electron chi connectivity index (χ1n) is 7.71. The summed E-state index contributed by atoms with van der Waals surface area (Å²) in [7, 11) is 0. The van der Waals surface area contributed by atoms with Crippen LogP contribution in [-0.2, 0) is 4.79 Å². The number of hydrogen-bond acceptors (Lipinski definition) is 5. The van der Waals surface area contributed by atoms with Gasteiger partial charge in [-0.1, -0.05) is 23.7 Å². The number of aromatic nitrogens is 1. The lowest BCUT2D eigenvalue weighted by atomic mass is 9.94. The third-order valence-electron chi connectivity index (χ3n) is 4.30. The Labute approximate surface area is 143 Å². The van der Waals surface area contributed by atoms with E-state index in [1.54, 1.807) is 0 Å². The van der Waals surface area contributed by atoms with Gasteiger partial charge in [0.15, 0.2) is 5.13 Å². The van der Waals surface area contributed by atoms with Gasteiger partial charge in [-0.3, -0.25) is 10.2 Å². The molecule has 2 heterocycles. The first kappa shape index (κ1) is 15.1. The number of amides is 1. The van der Waals surface area contributed by atoms with E-state index in [0.29, 0.717) is 22.6 Å². The lowest BCUT2D eigenvalue weighted by Gasteiger charge is -2.17. The minimum atomic E-state index is -0.190. The molecule has 1 saturated heterocycles. The van der Waals surface area contributed by atoms with Crippen molar-refractivity contribution < 1.29 is 4.79 Å². The highest BCUT2D eigenvalue weighted by Gasteiger charge is 2.34. The molecule has 2 atom stereocenters. The van der Waals surface area contributed by atoms with Crippen LogP contribution in [0, 0.1) is 5.92 Å². The van der Waals surface area contributed by atoms with E-state index in [0.717, 1.165) is 11.3 Å². The Morgan fingerprint density at radius 2 is 2.09 bits per heavy atom. The molecule has 2 aromatic rings. The van der Waals surface area contributed by atoms with Gasteiger partial charge >= 0.3 is 0 Å². The standard InChI is InChI=1S/C16H17ClN4OS/c17-11-5-3-10(4-6-11)14-12(7-18-21-14)15(22)20-16-19-13(8-23-16)9-1-2-9/h3-6,8-9,12,14,18,21H,1-2,7H2,(H,19,20,22). The Morgan fingerprint density at radius 3 is 2.83 bits per heavy atom. The van der Waals surface area contributed by atoms with Gasteiger partial charge in [-0.25, -0.2) is 10.4 Å². The van der Waals surface area contributed by atoms with Crippen molar-refractivity contribution in [3.05, 3.63) is 45.9 Å². The van der Waals surface area contributed by atoms with Crippen LogP contribution in [0.4, 0.5) is 5.13 Å². The number of nitrogens with one attached hydrogen (secondary N) is 3. The molecule has 0 spiro atoms. The van der Waals surface area contributed by atoms with Crippen LogP contribution in [0.5, 0.6) is 0 Å². The number of carbonyl (C=O) groups is 1. The second kappa shape index (κ2) is 6.20. The molecule has 23 heavy (non-hydrogen) atoms. The summed E-state index contributed by atoms with van der Waals surface area (Å²) in [6.45, 7) is 0.583. The summed E-state index contributed by atoms with van der Waals surface area (Å²) in [5, 5.41) is 6.40. The normalized spacial score (nSPS) is 23.9. The Bertz CT molecular complexity index is 713. The summed E-state index contributed by atoms with van der Waals surface area (Å²) in [6, 6.07) is 7.50. The van der Waals surface area contributed by atoms with Crippen molar-refractivity contribution in [2.24, 2.45) is 5.92 Å². The van der Waals surface area contributed by atoms with Crippen molar-refractivity contribution in [3.63, 3.8) is 0 Å². The molecule has 4 rings (SSSR count). The average molecular weight is 349 g/mol. The number of nitrogens with zero attached hydrogens (tertiary/aromatic N) is 1. The van der Waals surface area contributed by atoms with Crippen LogP contribution in [0.25, 0.3) is 0 Å². The number of rotatable bonds is 4. The SMILES string of the molecule is O=C(Nc1nc(C2CC2)cs1)C1CNNC1c1ccc(Cl)cc1. The van der Waals surface area contributed by atoms with Gasteiger partial charge in [-0.2, -0.15) is 0 Å². The molecule has 120 valence electrons. The summed E-state index contributed by atoms with van der Waals surface area (Å²) in [6.07, 6.45) is 2.43. The quantitative estimate of drug-likeness (QED) is 0.794. The zero-order chi connectivity index (χ0) is 15.8. The maximum Gasteiger partial charge on any atom is 0.232 e. The van der Waals surface area contributed by atoms with Crippen molar-refractivity contribution in [2.75, 3.05) is 11.9 Å². The van der Waals surface area contributed by atoms with E-state index in [1.807, 2.05) is 24.3 Å². The van der Waals surface area contributed by atoms with Gasteiger partial charge in [-0.15, -0.1) is 11.3 Å². The van der Waals surface area contributed by atoms with Gasteiger partial charge in [-0.05, 0) is 30.5 Å². The molecule has 0 bridgehead atoms. The van der Waals surface area contributed by atoms with Crippen LogP contribution in [0.15, 0.2) is 29.6 Å². The number of hydrogen-bond donors (Lipinski definition) is 3. The van der Waals surface area contributed by atoms with E-state index in [2.05, 4.69) is 26.5 Å². The van der Waals surface area contributed by atoms with Gasteiger partial charge < -0.3 is 5.32 Å². The van der Waals surface area contributed by atoms with E-state index in [1.165, 1.54) is 24.2 Å². The molecular formula is C16H17ClN4OS. The zero-order valence-corrected chi connectivity index (χ0v) is 14.0. The van der Waals surface area contributed by atoms with Gasteiger partial charge in [0, 0.05) is 22.9 Å². The maximum atomic E-state index is 12.6. The van der Waals surface area contributed by atoms with Crippen molar-refractivity contribution >= 4 is 34.0 Å². The first-order valence-corrected chi connectivity index (χ1v) is 8.96. The minimum absolute atomic E-state index is 0.0147. The van der Waals surface area contributed by atoms with E-state index in [-0.39, 0.29) is 17.9 Å². The summed E-state index contributed by atoms with van der Waals surface area (Å²) >= 11 is 7.44. The predicted octanol–water partition coefficient (Wildman–Crippen LogP) is 3.08. The van der Waals surface area contributed by atoms with Crippen molar-refractivity contribution in [1.29, 1.82) is 0 Å². The summed E-state index contributed by atoms with van der Waals surface area (Å²) < 4.78 is 0. The second-order valence-electron chi connectivity index (χ2n) is 6.00. The molecule has 3 N–H and O–H groups in total. The van der Waals surface area contributed by atoms with Crippen LogP contribution < -0.4 is 16.2 Å². The van der Waals surface area contributed by atoms with Crippen LogP contribution >= 0.6 is 22.9 Å². The molecule has 1 aromatic heterocycles. The number of halogens is 1. The Hall–Kier alpha value is -1.47. The first-order chi connectivity index (χ1) is 11.2. The third kappa shape index (κ3) is 3.26. The highest BCUT2D eigenvalue weighted by Crippen LogP contribution is 2.41. The molecule has 0 radical (unpaired) electrons. The fourth-order valence-corrected chi connectivity index (χ4v) is 3.76. The van der Waals surface area contributed by atoms with Gasteiger partial charge in [0.1, 0.15) is 0 Å². The molecule has 1 aliphatic heterocycles. The van der Waals surface area contributed by atoms with E-state index in [9.17, 15) is 4.79 Å². The average Bonchev–Trinajstić information content (AvgIpc) is 3.09. The largest absolute Gasteiger partial charge is 0.302 e. The number of thiazole rings is 1. The maximum absolute atomic E-state index is 12.6. The number of hydrazine groups is 1. The predicted molar refractivity (Wildman–Crippen MR) is 91.5 cm³/mol. The smallest absolute Gasteiger partial charge is 0.232 e. The Kier molecular flexibility index (Phi) is 4.07. The molecule has 1 amide bonds. The van der Waals surface area contributed by atoms with Gasteiger partial charge in [0.25, 0.3) is 0 Å². The molecule has 2 unspecified atom stereocenters. The minimum Gasteiger partial charge on any atom is -0.302 e. The number of benzene rings is 1. The summed E-state index contributed by atoms with van der Waals surface area (Å²) in [5.41, 5.74) is 8.40. The molecule has 2 aliphatic rings.